The monoisotopic (exact) mass is 495 g/mol. The quantitative estimate of drug-likeness (QED) is 0.238. The maximum absolute atomic E-state index is 12.9. The van der Waals surface area contributed by atoms with Gasteiger partial charge in [-0.3, -0.25) is 4.79 Å². The first-order valence-corrected chi connectivity index (χ1v) is 12.6. The Hall–Kier alpha value is -4.19. The average molecular weight is 496 g/mol. The van der Waals surface area contributed by atoms with E-state index in [4.69, 9.17) is 14.2 Å². The van der Waals surface area contributed by atoms with Gasteiger partial charge in [-0.25, -0.2) is 9.78 Å². The lowest BCUT2D eigenvalue weighted by Gasteiger charge is -2.17. The number of fused-ring (bicyclic) bond motifs is 1. The van der Waals surface area contributed by atoms with Crippen LogP contribution in [0.15, 0.2) is 91.0 Å². The molecule has 0 bridgehead atoms. The summed E-state index contributed by atoms with van der Waals surface area (Å²) in [4.78, 5) is 29.7. The molecule has 1 aromatic heterocycles. The van der Waals surface area contributed by atoms with Crippen LogP contribution in [0.4, 0.5) is 0 Å². The molecular formula is C31H29NO5. The van der Waals surface area contributed by atoms with Crippen molar-refractivity contribution in [2.24, 2.45) is 5.92 Å². The number of carbonyl (C=O) groups is 2. The first-order chi connectivity index (χ1) is 18.1. The van der Waals surface area contributed by atoms with Gasteiger partial charge in [0.05, 0.1) is 17.1 Å². The number of hydrogen-bond acceptors (Lipinski definition) is 6. The van der Waals surface area contributed by atoms with Crippen molar-refractivity contribution in [3.63, 3.8) is 0 Å². The van der Waals surface area contributed by atoms with Crippen molar-refractivity contribution >= 4 is 22.8 Å². The standard InChI is InChI=1S/C31H29NO5/c33-30(36-19-23-6-2-1-3-7-23)21-37-31(34)28(18-22-10-11-22)24-13-16-27(17-14-24)35-20-26-15-12-25-8-4-5-9-29(25)32-26/h1-9,12-17,22,28H,10-11,18-21H2. The van der Waals surface area contributed by atoms with Gasteiger partial charge in [-0.15, -0.1) is 0 Å². The molecule has 1 unspecified atom stereocenters. The summed E-state index contributed by atoms with van der Waals surface area (Å²) in [6, 6.07) is 28.9. The van der Waals surface area contributed by atoms with Gasteiger partial charge in [0.15, 0.2) is 6.61 Å². The average Bonchev–Trinajstić information content (AvgIpc) is 3.77. The number of hydrogen-bond donors (Lipinski definition) is 0. The molecule has 5 rings (SSSR count). The van der Waals surface area contributed by atoms with E-state index >= 15 is 0 Å². The van der Waals surface area contributed by atoms with Gasteiger partial charge < -0.3 is 14.2 Å². The lowest BCUT2D eigenvalue weighted by molar-refractivity contribution is -0.160. The molecule has 1 saturated carbocycles. The fourth-order valence-electron chi connectivity index (χ4n) is 4.21. The van der Waals surface area contributed by atoms with Crippen LogP contribution in [0.5, 0.6) is 5.75 Å². The fourth-order valence-corrected chi connectivity index (χ4v) is 4.21. The number of pyridine rings is 1. The predicted molar refractivity (Wildman–Crippen MR) is 140 cm³/mol. The molecule has 37 heavy (non-hydrogen) atoms. The highest BCUT2D eigenvalue weighted by Crippen LogP contribution is 2.39. The Bertz CT molecular complexity index is 1350. The summed E-state index contributed by atoms with van der Waals surface area (Å²) in [6.45, 7) is 0.106. The molecule has 188 valence electrons. The van der Waals surface area contributed by atoms with Crippen molar-refractivity contribution < 1.29 is 23.8 Å². The third-order valence-corrected chi connectivity index (χ3v) is 6.45. The summed E-state index contributed by atoms with van der Waals surface area (Å²) in [5, 5.41) is 1.09. The third-order valence-electron chi connectivity index (χ3n) is 6.45. The summed E-state index contributed by atoms with van der Waals surface area (Å²) in [7, 11) is 0. The highest BCUT2D eigenvalue weighted by molar-refractivity contribution is 5.81. The second kappa shape index (κ2) is 11.7. The minimum Gasteiger partial charge on any atom is -0.487 e. The van der Waals surface area contributed by atoms with E-state index in [1.165, 1.54) is 0 Å². The van der Waals surface area contributed by atoms with Crippen molar-refractivity contribution in [1.82, 2.24) is 4.98 Å². The molecule has 3 aromatic carbocycles. The van der Waals surface area contributed by atoms with Gasteiger partial charge in [-0.05, 0) is 47.7 Å². The predicted octanol–water partition coefficient (Wildman–Crippen LogP) is 5.98. The molecule has 0 saturated heterocycles. The smallest absolute Gasteiger partial charge is 0.344 e. The molecule has 1 fully saturated rings. The van der Waals surface area contributed by atoms with E-state index in [1.54, 1.807) is 0 Å². The zero-order chi connectivity index (χ0) is 25.5. The van der Waals surface area contributed by atoms with Gasteiger partial charge in [0, 0.05) is 5.39 Å². The van der Waals surface area contributed by atoms with Crippen LogP contribution in [0.2, 0.25) is 0 Å². The SMILES string of the molecule is O=C(COC(=O)C(CC1CC1)c1ccc(OCc2ccc3ccccc3n2)cc1)OCc1ccccc1. The van der Waals surface area contributed by atoms with Crippen molar-refractivity contribution in [3.8, 4) is 5.75 Å². The Labute approximate surface area is 216 Å². The van der Waals surface area contributed by atoms with Crippen LogP contribution < -0.4 is 4.74 Å². The molecule has 1 aliphatic carbocycles. The van der Waals surface area contributed by atoms with Crippen molar-refractivity contribution in [2.45, 2.75) is 38.4 Å². The van der Waals surface area contributed by atoms with Gasteiger partial charge in [-0.1, -0.05) is 79.6 Å². The zero-order valence-corrected chi connectivity index (χ0v) is 20.5. The number of nitrogens with zero attached hydrogens (tertiary/aromatic N) is 1. The minimum absolute atomic E-state index is 0.152. The van der Waals surface area contributed by atoms with E-state index < -0.39 is 24.5 Å². The molecule has 4 aromatic rings. The summed E-state index contributed by atoms with van der Waals surface area (Å²) >= 11 is 0. The normalized spacial score (nSPS) is 13.6. The second-order valence-corrected chi connectivity index (χ2v) is 9.34. The maximum Gasteiger partial charge on any atom is 0.344 e. The molecular weight excluding hydrogens is 466 g/mol. The summed E-state index contributed by atoms with van der Waals surface area (Å²) in [5.41, 5.74) is 3.51. The molecule has 1 atom stereocenters. The van der Waals surface area contributed by atoms with Gasteiger partial charge >= 0.3 is 11.9 Å². The van der Waals surface area contributed by atoms with E-state index in [0.717, 1.165) is 40.6 Å². The van der Waals surface area contributed by atoms with Crippen LogP contribution in [0, 0.1) is 5.92 Å². The Kier molecular flexibility index (Phi) is 7.75. The van der Waals surface area contributed by atoms with E-state index in [-0.39, 0.29) is 6.61 Å². The topological polar surface area (TPSA) is 74.7 Å². The van der Waals surface area contributed by atoms with Gasteiger partial charge in [-0.2, -0.15) is 0 Å². The molecule has 0 amide bonds. The molecule has 0 N–H and O–H groups in total. The first-order valence-electron chi connectivity index (χ1n) is 12.6. The Morgan fingerprint density at radius 3 is 2.35 bits per heavy atom. The van der Waals surface area contributed by atoms with Crippen molar-refractivity contribution in [2.75, 3.05) is 6.61 Å². The number of ether oxygens (including phenoxy) is 3. The first kappa shape index (κ1) is 24.5. The second-order valence-electron chi connectivity index (χ2n) is 9.34. The number of esters is 2. The van der Waals surface area contributed by atoms with E-state index in [9.17, 15) is 9.59 Å². The van der Waals surface area contributed by atoms with Crippen LogP contribution in [-0.2, 0) is 32.3 Å². The van der Waals surface area contributed by atoms with Crippen molar-refractivity contribution in [1.29, 1.82) is 0 Å². The molecule has 1 heterocycles. The van der Waals surface area contributed by atoms with E-state index in [1.807, 2.05) is 91.0 Å². The molecule has 1 aliphatic rings. The van der Waals surface area contributed by atoms with Gasteiger partial charge in [0.1, 0.15) is 19.0 Å². The number of rotatable bonds is 11. The Morgan fingerprint density at radius 1 is 0.811 bits per heavy atom. The number of aromatic nitrogens is 1. The fraction of sp³-hybridized carbons (Fsp3) is 0.258. The van der Waals surface area contributed by atoms with Crippen LogP contribution in [0.1, 0.15) is 42.0 Å². The van der Waals surface area contributed by atoms with Crippen LogP contribution in [0.3, 0.4) is 0 Å². The van der Waals surface area contributed by atoms with Gasteiger partial charge in [0.25, 0.3) is 0 Å². The molecule has 6 heteroatoms. The highest BCUT2D eigenvalue weighted by Gasteiger charge is 2.31. The van der Waals surface area contributed by atoms with Crippen LogP contribution in [0.25, 0.3) is 10.9 Å². The van der Waals surface area contributed by atoms with E-state index in [0.29, 0.717) is 24.7 Å². The molecule has 6 nitrogen and oxygen atoms in total. The molecule has 0 radical (unpaired) electrons. The minimum atomic E-state index is -0.562. The third kappa shape index (κ3) is 6.94. The summed E-state index contributed by atoms with van der Waals surface area (Å²) in [5.74, 6) is -0.184. The summed E-state index contributed by atoms with van der Waals surface area (Å²) in [6.07, 6.45) is 2.94. The molecule has 0 spiro atoms. The maximum atomic E-state index is 12.9. The number of benzene rings is 3. The summed E-state index contributed by atoms with van der Waals surface area (Å²) < 4.78 is 16.5. The van der Waals surface area contributed by atoms with Crippen LogP contribution in [-0.4, -0.2) is 23.5 Å². The van der Waals surface area contributed by atoms with E-state index in [2.05, 4.69) is 4.98 Å². The number of carbonyl (C=O) groups excluding carboxylic acids is 2. The largest absolute Gasteiger partial charge is 0.487 e. The highest BCUT2D eigenvalue weighted by atomic mass is 16.6. The van der Waals surface area contributed by atoms with Gasteiger partial charge in [0.2, 0.25) is 0 Å². The zero-order valence-electron chi connectivity index (χ0n) is 20.5. The Balaban J connectivity index is 1.15. The number of para-hydroxylation sites is 1. The lowest BCUT2D eigenvalue weighted by Crippen LogP contribution is -2.22. The lowest BCUT2D eigenvalue weighted by atomic mass is 9.93. The Morgan fingerprint density at radius 2 is 1.57 bits per heavy atom. The molecule has 0 aliphatic heterocycles. The van der Waals surface area contributed by atoms with Crippen molar-refractivity contribution in [3.05, 3.63) is 108 Å². The van der Waals surface area contributed by atoms with Crippen LogP contribution >= 0.6 is 0 Å².